The van der Waals surface area contributed by atoms with Gasteiger partial charge in [-0.15, -0.1) is 0 Å². The van der Waals surface area contributed by atoms with Crippen molar-refractivity contribution >= 4 is 6.09 Å². The highest BCUT2D eigenvalue weighted by molar-refractivity contribution is 5.76. The summed E-state index contributed by atoms with van der Waals surface area (Å²) in [5.41, 5.74) is 2.55. The Morgan fingerprint density at radius 1 is 1.12 bits per heavy atom. The maximum Gasteiger partial charge on any atom is 0.407 e. The highest BCUT2D eigenvalue weighted by Crippen LogP contribution is 2.46. The molecule has 7 nitrogen and oxygen atoms in total. The molecular formula is C27H34N2O5. The second-order valence-corrected chi connectivity index (χ2v) is 10.2. The summed E-state index contributed by atoms with van der Waals surface area (Å²) < 4.78 is 23.2. The molecule has 4 heterocycles. The number of methoxy groups -OCH3 is 2. The number of hydrogen-bond acceptors (Lipinski definition) is 6. The summed E-state index contributed by atoms with van der Waals surface area (Å²) in [6.45, 7) is 7.78. The van der Waals surface area contributed by atoms with Crippen molar-refractivity contribution in [1.82, 2.24) is 10.2 Å². The lowest BCUT2D eigenvalue weighted by atomic mass is 9.78. The van der Waals surface area contributed by atoms with Crippen molar-refractivity contribution in [2.75, 3.05) is 40.5 Å². The molecule has 0 aliphatic carbocycles. The van der Waals surface area contributed by atoms with Crippen LogP contribution in [-0.2, 0) is 4.74 Å². The zero-order valence-electron chi connectivity index (χ0n) is 20.4. The van der Waals surface area contributed by atoms with Gasteiger partial charge in [0.2, 0.25) is 0 Å². The molecule has 182 valence electrons. The minimum Gasteiger partial charge on any atom is -0.493 e. The van der Waals surface area contributed by atoms with Crippen LogP contribution < -0.4 is 19.5 Å². The number of piperidine rings is 3. The molecule has 3 fully saturated rings. The minimum absolute atomic E-state index is 0.0205. The first-order chi connectivity index (χ1) is 16.4. The van der Waals surface area contributed by atoms with Gasteiger partial charge in [0.05, 0.1) is 26.9 Å². The molecule has 4 aliphatic heterocycles. The average molecular weight is 467 g/mol. The summed E-state index contributed by atoms with van der Waals surface area (Å²) in [5.74, 6) is 2.59. The van der Waals surface area contributed by atoms with Gasteiger partial charge < -0.3 is 24.3 Å². The van der Waals surface area contributed by atoms with E-state index in [4.69, 9.17) is 18.9 Å². The van der Waals surface area contributed by atoms with Gasteiger partial charge in [0.25, 0.3) is 0 Å². The molecule has 0 aromatic heterocycles. The lowest BCUT2D eigenvalue weighted by Crippen LogP contribution is -2.53. The van der Waals surface area contributed by atoms with Crippen molar-refractivity contribution in [3.8, 4) is 28.4 Å². The molecule has 1 unspecified atom stereocenters. The molecule has 3 saturated heterocycles. The van der Waals surface area contributed by atoms with Gasteiger partial charge in [-0.3, -0.25) is 4.90 Å². The predicted octanol–water partition coefficient (Wildman–Crippen LogP) is 4.65. The van der Waals surface area contributed by atoms with Crippen LogP contribution in [0.25, 0.3) is 11.1 Å². The smallest absolute Gasteiger partial charge is 0.407 e. The number of nitrogens with one attached hydrogen (secondary N) is 1. The fourth-order valence-corrected chi connectivity index (χ4v) is 5.55. The Labute approximate surface area is 201 Å². The largest absolute Gasteiger partial charge is 0.493 e. The molecule has 1 amide bonds. The first-order valence-electron chi connectivity index (χ1n) is 12.1. The van der Waals surface area contributed by atoms with E-state index in [1.807, 2.05) is 36.4 Å². The van der Waals surface area contributed by atoms with Crippen LogP contribution in [0.3, 0.4) is 0 Å². The summed E-state index contributed by atoms with van der Waals surface area (Å²) in [7, 11) is 3.27. The molecule has 6 rings (SSSR count). The fraction of sp³-hybridized carbons (Fsp3) is 0.519. The first kappa shape index (κ1) is 22.8. The van der Waals surface area contributed by atoms with Crippen molar-refractivity contribution in [1.29, 1.82) is 0 Å². The van der Waals surface area contributed by atoms with Crippen molar-refractivity contribution < 1.29 is 23.7 Å². The molecule has 2 bridgehead atoms. The van der Waals surface area contributed by atoms with Gasteiger partial charge in [-0.05, 0) is 49.5 Å². The fourth-order valence-electron chi connectivity index (χ4n) is 5.55. The number of para-hydroxylation sites is 1. The number of carbonyl (C=O) groups excluding carboxylic acids is 1. The molecule has 0 spiro atoms. The van der Waals surface area contributed by atoms with Crippen molar-refractivity contribution in [2.24, 2.45) is 11.3 Å². The van der Waals surface area contributed by atoms with E-state index in [-0.39, 0.29) is 23.7 Å². The second-order valence-electron chi connectivity index (χ2n) is 10.2. The third-order valence-electron chi connectivity index (χ3n) is 7.54. The number of hydrogen-bond donors (Lipinski definition) is 1. The molecule has 2 atom stereocenters. The van der Waals surface area contributed by atoms with Crippen LogP contribution in [0.15, 0.2) is 36.4 Å². The summed E-state index contributed by atoms with van der Waals surface area (Å²) in [5, 5.41) is 3.17. The third kappa shape index (κ3) is 4.17. The van der Waals surface area contributed by atoms with Gasteiger partial charge in [-0.25, -0.2) is 4.79 Å². The van der Waals surface area contributed by atoms with Crippen LogP contribution in [0.2, 0.25) is 0 Å². The Bertz CT molecular complexity index is 1060. The van der Waals surface area contributed by atoms with E-state index in [9.17, 15) is 4.79 Å². The average Bonchev–Trinajstić information content (AvgIpc) is 2.85. The van der Waals surface area contributed by atoms with Gasteiger partial charge in [0.1, 0.15) is 11.9 Å². The molecule has 0 saturated carbocycles. The van der Waals surface area contributed by atoms with E-state index < -0.39 is 0 Å². The number of nitrogens with zero attached hydrogens (tertiary/aromatic N) is 1. The zero-order chi connectivity index (χ0) is 23.9. The predicted molar refractivity (Wildman–Crippen MR) is 130 cm³/mol. The Hall–Kier alpha value is -2.93. The van der Waals surface area contributed by atoms with Gasteiger partial charge in [0.15, 0.2) is 11.5 Å². The van der Waals surface area contributed by atoms with Crippen LogP contribution in [0.5, 0.6) is 17.2 Å². The Morgan fingerprint density at radius 3 is 2.59 bits per heavy atom. The number of ether oxygens (including phenoxy) is 4. The Morgan fingerprint density at radius 2 is 1.91 bits per heavy atom. The number of alkyl carbamates (subject to hydrolysis) is 1. The Balaban J connectivity index is 1.38. The topological polar surface area (TPSA) is 69.3 Å². The van der Waals surface area contributed by atoms with E-state index in [0.29, 0.717) is 24.0 Å². The van der Waals surface area contributed by atoms with Crippen molar-refractivity contribution in [3.05, 3.63) is 42.0 Å². The van der Waals surface area contributed by atoms with E-state index in [0.717, 1.165) is 54.9 Å². The van der Waals surface area contributed by atoms with Crippen molar-refractivity contribution in [3.63, 3.8) is 0 Å². The maximum absolute atomic E-state index is 13.0. The third-order valence-corrected chi connectivity index (χ3v) is 7.54. The van der Waals surface area contributed by atoms with E-state index in [2.05, 4.69) is 24.1 Å². The summed E-state index contributed by atoms with van der Waals surface area (Å²) in [6, 6.07) is 11.7. The minimum atomic E-state index is -0.344. The standard InChI is InChI=1S/C27H34N2O5/c1-27(2)16-33-22-14-18(19-6-5-7-21(31-3)24(19)32-4)8-9-20(22)25(27)28-26(30)34-23-15-29-12-10-17(23)11-13-29/h5-9,14,17,23,25H,10-13,15-16H2,1-4H3,(H,28,30)/t23-,25?/m1/s1. The van der Waals surface area contributed by atoms with Gasteiger partial charge in [-0.1, -0.05) is 38.1 Å². The number of rotatable bonds is 5. The molecule has 7 heteroatoms. The highest BCUT2D eigenvalue weighted by Gasteiger charge is 2.41. The van der Waals surface area contributed by atoms with Crippen LogP contribution in [0.4, 0.5) is 4.79 Å². The van der Waals surface area contributed by atoms with Gasteiger partial charge in [0, 0.05) is 23.1 Å². The lowest BCUT2D eigenvalue weighted by molar-refractivity contribution is -0.0361. The van der Waals surface area contributed by atoms with Crippen LogP contribution in [-0.4, -0.2) is 57.6 Å². The molecule has 4 aliphatic rings. The van der Waals surface area contributed by atoms with Crippen LogP contribution in [0.1, 0.15) is 38.3 Å². The number of fused-ring (bicyclic) bond motifs is 4. The molecule has 2 aromatic rings. The van der Waals surface area contributed by atoms with E-state index in [1.54, 1.807) is 14.2 Å². The van der Waals surface area contributed by atoms with Crippen LogP contribution >= 0.6 is 0 Å². The summed E-state index contributed by atoms with van der Waals surface area (Å²) in [4.78, 5) is 15.4. The van der Waals surface area contributed by atoms with Gasteiger partial charge >= 0.3 is 6.09 Å². The maximum atomic E-state index is 13.0. The normalized spacial score (nSPS) is 26.7. The molecule has 1 N–H and O–H groups in total. The van der Waals surface area contributed by atoms with E-state index in [1.165, 1.54) is 0 Å². The zero-order valence-corrected chi connectivity index (χ0v) is 20.4. The lowest BCUT2D eigenvalue weighted by Gasteiger charge is -2.44. The highest BCUT2D eigenvalue weighted by atomic mass is 16.6. The second kappa shape index (κ2) is 9.02. The van der Waals surface area contributed by atoms with E-state index >= 15 is 0 Å². The summed E-state index contributed by atoms with van der Waals surface area (Å²) in [6.07, 6.45) is 1.86. The molecule has 0 radical (unpaired) electrons. The molecule has 34 heavy (non-hydrogen) atoms. The monoisotopic (exact) mass is 466 g/mol. The van der Waals surface area contributed by atoms with Crippen molar-refractivity contribution in [2.45, 2.75) is 38.8 Å². The van der Waals surface area contributed by atoms with Crippen LogP contribution in [0, 0.1) is 11.3 Å². The number of amides is 1. The first-order valence-corrected chi connectivity index (χ1v) is 12.1. The quantitative estimate of drug-likeness (QED) is 0.692. The number of carbonyl (C=O) groups is 1. The Kier molecular flexibility index (Phi) is 6.06. The molecule has 2 aromatic carbocycles. The molecular weight excluding hydrogens is 432 g/mol. The summed E-state index contributed by atoms with van der Waals surface area (Å²) >= 11 is 0. The number of benzene rings is 2. The SMILES string of the molecule is COc1cccc(-c2ccc3c(c2)OCC(C)(C)C3NC(=O)O[C@@H]2CN3CCC2CC3)c1OC. The van der Waals surface area contributed by atoms with Gasteiger partial charge in [-0.2, -0.15) is 0 Å².